The first kappa shape index (κ1) is 28.7. The van der Waals surface area contributed by atoms with E-state index in [1.54, 1.807) is 14.2 Å². The zero-order valence-corrected chi connectivity index (χ0v) is 26.6. The molecule has 0 aromatic heterocycles. The van der Waals surface area contributed by atoms with E-state index in [0.717, 1.165) is 22.6 Å². The van der Waals surface area contributed by atoms with Crippen LogP contribution in [0.5, 0.6) is 11.5 Å². The highest BCUT2D eigenvalue weighted by Gasteiger charge is 2.77. The minimum atomic E-state index is -2.24. The van der Waals surface area contributed by atoms with Crippen molar-refractivity contribution in [2.24, 2.45) is 10.8 Å². The summed E-state index contributed by atoms with van der Waals surface area (Å²) in [6.45, 7) is 9.58. The summed E-state index contributed by atoms with van der Waals surface area (Å²) in [4.78, 5) is 0. The quantitative estimate of drug-likeness (QED) is 0.183. The number of rotatable bonds is 9. The normalized spacial score (nSPS) is 16.6. The fraction of sp³-hybridized carbons (Fsp3) is 0.257. The Morgan fingerprint density at radius 3 is 1.32 bits per heavy atom. The van der Waals surface area contributed by atoms with Gasteiger partial charge in [0.15, 0.2) is 0 Å². The third-order valence-corrected chi connectivity index (χ3v) is 17.4. The molecular weight excluding hydrogens is 547 g/mol. The van der Waals surface area contributed by atoms with Crippen molar-refractivity contribution in [3.8, 4) is 11.5 Å². The average molecular weight is 585 g/mol. The Labute approximate surface area is 248 Å². The first-order chi connectivity index (χ1) is 19.1. The van der Waals surface area contributed by atoms with Crippen LogP contribution in [-0.4, -0.2) is 19.0 Å². The van der Waals surface area contributed by atoms with Crippen LogP contribution in [0.4, 0.5) is 0 Å². The highest BCUT2D eigenvalue weighted by atomic mass is 32.9. The molecular formula is C35H37O2PS2. The number of benzene rings is 4. The minimum Gasteiger partial charge on any atom is -0.497 e. The van der Waals surface area contributed by atoms with Crippen LogP contribution in [0.15, 0.2) is 115 Å². The molecule has 0 saturated heterocycles. The summed E-state index contributed by atoms with van der Waals surface area (Å²) in [5, 5.41) is 0.235. The van der Waals surface area contributed by atoms with Gasteiger partial charge >= 0.3 is 0 Å². The number of ether oxygens (including phenoxy) is 2. The highest BCUT2D eigenvalue weighted by molar-refractivity contribution is 8.75. The van der Waals surface area contributed by atoms with Crippen molar-refractivity contribution in [2.45, 2.75) is 32.4 Å². The summed E-state index contributed by atoms with van der Waals surface area (Å²) < 4.78 is 10.7. The second-order valence-corrected chi connectivity index (χ2v) is 18.8. The van der Waals surface area contributed by atoms with Gasteiger partial charge in [0.1, 0.15) is 11.5 Å². The molecule has 5 rings (SSSR count). The molecule has 0 spiro atoms. The molecule has 4 aromatic carbocycles. The molecule has 4 aromatic rings. The topological polar surface area (TPSA) is 18.5 Å². The van der Waals surface area contributed by atoms with Gasteiger partial charge < -0.3 is 9.47 Å². The fourth-order valence-corrected chi connectivity index (χ4v) is 14.7. The van der Waals surface area contributed by atoms with Crippen molar-refractivity contribution in [2.75, 3.05) is 14.2 Å². The maximum Gasteiger partial charge on any atom is 0.118 e. The number of hydrogen-bond donors (Lipinski definition) is 0. The Hall–Kier alpha value is -2.78. The molecule has 1 aliphatic carbocycles. The molecule has 1 aliphatic rings. The Morgan fingerprint density at radius 2 is 1.00 bits per heavy atom. The van der Waals surface area contributed by atoms with Crippen LogP contribution in [0, 0.1) is 10.8 Å². The van der Waals surface area contributed by atoms with Crippen molar-refractivity contribution in [3.05, 3.63) is 126 Å². The van der Waals surface area contributed by atoms with E-state index in [1.165, 1.54) is 16.2 Å². The van der Waals surface area contributed by atoms with Crippen LogP contribution in [0.2, 0.25) is 0 Å². The molecule has 0 N–H and O–H groups in total. The van der Waals surface area contributed by atoms with Crippen LogP contribution in [-0.2, 0) is 11.8 Å². The van der Waals surface area contributed by atoms with Crippen molar-refractivity contribution >= 4 is 44.6 Å². The highest BCUT2D eigenvalue weighted by Crippen LogP contribution is 2.85. The predicted octanol–water partition coefficient (Wildman–Crippen LogP) is 8.72. The molecule has 0 heterocycles. The van der Waals surface area contributed by atoms with E-state index < -0.39 is 5.24 Å². The standard InChI is InChI=1S/C35H37O2PS2/c1-33(2)34(3,4)35(33,40-38(39,30-13-9-7-10-14-30)31-15-11-8-12-16-31)25-32(26-17-21-28(36-5)22-18-26)27-19-23-29(37-6)24-20-27/h7-25H,1-6H3. The maximum atomic E-state index is 6.79. The largest absolute Gasteiger partial charge is 0.497 e. The van der Waals surface area contributed by atoms with Gasteiger partial charge in [0.25, 0.3) is 0 Å². The fourth-order valence-electron chi connectivity index (χ4n) is 5.70. The molecule has 5 heteroatoms. The van der Waals surface area contributed by atoms with Crippen molar-refractivity contribution < 1.29 is 9.47 Å². The maximum absolute atomic E-state index is 6.79. The average Bonchev–Trinajstić information content (AvgIpc) is 3.32. The molecule has 1 fully saturated rings. The van der Waals surface area contributed by atoms with Crippen LogP contribution >= 0.6 is 16.6 Å². The van der Waals surface area contributed by atoms with Gasteiger partial charge in [-0.15, -0.1) is 11.4 Å². The van der Waals surface area contributed by atoms with Gasteiger partial charge in [-0.3, -0.25) is 0 Å². The summed E-state index contributed by atoms with van der Waals surface area (Å²) in [7, 11) is 3.41. The lowest BCUT2D eigenvalue weighted by atomic mass is 9.94. The predicted molar refractivity (Wildman–Crippen MR) is 177 cm³/mol. The molecule has 0 bridgehead atoms. The monoisotopic (exact) mass is 584 g/mol. The van der Waals surface area contributed by atoms with Gasteiger partial charge in [-0.25, -0.2) is 0 Å². The van der Waals surface area contributed by atoms with Crippen molar-refractivity contribution in [3.63, 3.8) is 0 Å². The summed E-state index contributed by atoms with van der Waals surface area (Å²) in [6.07, 6.45) is 2.52. The number of hydrogen-bond acceptors (Lipinski definition) is 4. The van der Waals surface area contributed by atoms with E-state index in [4.69, 9.17) is 21.3 Å². The molecule has 206 valence electrons. The molecule has 0 atom stereocenters. The van der Waals surface area contributed by atoms with Gasteiger partial charge in [-0.1, -0.05) is 131 Å². The van der Waals surface area contributed by atoms with Crippen LogP contribution in [0.3, 0.4) is 0 Å². The second-order valence-electron chi connectivity index (χ2n) is 11.3. The second kappa shape index (κ2) is 10.9. The zero-order valence-electron chi connectivity index (χ0n) is 24.0. The molecule has 40 heavy (non-hydrogen) atoms. The first-order valence-electron chi connectivity index (χ1n) is 13.5. The SMILES string of the molecule is COc1ccc(C(=CC2(SP(=S)(c3ccccc3)c3ccccc3)C(C)(C)C2(C)C)c2ccc(OC)cc2)cc1. The summed E-state index contributed by atoms with van der Waals surface area (Å²) in [6, 6.07) is 38.2. The van der Waals surface area contributed by atoms with Gasteiger partial charge in [0, 0.05) is 0 Å². The Bertz CT molecular complexity index is 1430. The van der Waals surface area contributed by atoms with Gasteiger partial charge in [-0.2, -0.15) is 0 Å². The lowest BCUT2D eigenvalue weighted by Gasteiger charge is -2.30. The van der Waals surface area contributed by atoms with E-state index in [9.17, 15) is 0 Å². The summed E-state index contributed by atoms with van der Waals surface area (Å²) in [5.74, 6) is 1.69. The third kappa shape index (κ3) is 4.75. The van der Waals surface area contributed by atoms with Crippen LogP contribution < -0.4 is 20.1 Å². The Morgan fingerprint density at radius 1 is 0.625 bits per heavy atom. The van der Waals surface area contributed by atoms with E-state index >= 15 is 0 Å². The van der Waals surface area contributed by atoms with Gasteiger partial charge in [0.05, 0.1) is 24.2 Å². The van der Waals surface area contributed by atoms with E-state index in [2.05, 4.69) is 119 Å². The summed E-state index contributed by atoms with van der Waals surface area (Å²) in [5.41, 5.74) is 3.50. The number of methoxy groups -OCH3 is 2. The van der Waals surface area contributed by atoms with Gasteiger partial charge in [-0.05, 0) is 62.4 Å². The lowest BCUT2D eigenvalue weighted by Crippen LogP contribution is -2.20. The molecule has 0 aliphatic heterocycles. The van der Waals surface area contributed by atoms with E-state index in [1.807, 2.05) is 35.6 Å². The van der Waals surface area contributed by atoms with E-state index in [-0.39, 0.29) is 15.6 Å². The molecule has 0 amide bonds. The van der Waals surface area contributed by atoms with Crippen molar-refractivity contribution in [1.82, 2.24) is 0 Å². The lowest BCUT2D eigenvalue weighted by molar-refractivity contribution is 0.414. The molecule has 1 saturated carbocycles. The summed E-state index contributed by atoms with van der Waals surface area (Å²) >= 11 is 8.81. The van der Waals surface area contributed by atoms with Gasteiger partial charge in [0.2, 0.25) is 0 Å². The van der Waals surface area contributed by atoms with Crippen LogP contribution in [0.1, 0.15) is 38.8 Å². The van der Waals surface area contributed by atoms with E-state index in [0.29, 0.717) is 0 Å². The Kier molecular flexibility index (Phi) is 7.83. The molecule has 2 nitrogen and oxygen atoms in total. The smallest absolute Gasteiger partial charge is 0.118 e. The minimum absolute atomic E-state index is 0.00246. The third-order valence-electron chi connectivity index (χ3n) is 8.97. The zero-order chi connectivity index (χ0) is 28.6. The molecule has 0 radical (unpaired) electrons. The molecule has 0 unspecified atom stereocenters. The first-order valence-corrected chi connectivity index (χ1v) is 17.8. The van der Waals surface area contributed by atoms with Crippen molar-refractivity contribution in [1.29, 1.82) is 0 Å². The Balaban J connectivity index is 1.73. The van der Waals surface area contributed by atoms with Crippen LogP contribution in [0.25, 0.3) is 5.57 Å².